The smallest absolute Gasteiger partial charge is 0.231 e. The summed E-state index contributed by atoms with van der Waals surface area (Å²) in [6, 6.07) is 9.18. The van der Waals surface area contributed by atoms with Crippen molar-refractivity contribution in [3.8, 4) is 11.5 Å². The van der Waals surface area contributed by atoms with Crippen molar-refractivity contribution >= 4 is 29.1 Å². The Kier molecular flexibility index (Phi) is 5.94. The zero-order valence-corrected chi connectivity index (χ0v) is 17.7. The highest BCUT2D eigenvalue weighted by Gasteiger charge is 2.28. The number of aromatic nitrogens is 3. The summed E-state index contributed by atoms with van der Waals surface area (Å²) < 4.78 is 12.5. The standard InChI is InChI=1S/C21H24ClN5O3/c1-29-17-7-5-14(18(10-17)30-2)11-23-20(28)15-4-3-9-26(12-15)21-25-24-19-8-6-16(22)13-27(19)21/h5-8,10,13,15H,3-4,9,11-12H2,1-2H3,(H,23,28)/t15-/m0/s1. The van der Waals surface area contributed by atoms with Crippen molar-refractivity contribution in [1.29, 1.82) is 0 Å². The molecule has 8 nitrogen and oxygen atoms in total. The van der Waals surface area contributed by atoms with Crippen molar-refractivity contribution in [3.05, 3.63) is 47.1 Å². The second-order valence-electron chi connectivity index (χ2n) is 7.26. The Labute approximate surface area is 179 Å². The van der Waals surface area contributed by atoms with Crippen LogP contribution in [0.4, 0.5) is 5.95 Å². The van der Waals surface area contributed by atoms with E-state index in [9.17, 15) is 4.79 Å². The maximum atomic E-state index is 12.9. The number of rotatable bonds is 6. The molecule has 158 valence electrons. The molecule has 3 heterocycles. The molecule has 0 saturated carbocycles. The van der Waals surface area contributed by atoms with Gasteiger partial charge >= 0.3 is 0 Å². The van der Waals surface area contributed by atoms with Gasteiger partial charge in [0.05, 0.1) is 25.2 Å². The van der Waals surface area contributed by atoms with Gasteiger partial charge in [-0.3, -0.25) is 9.20 Å². The summed E-state index contributed by atoms with van der Waals surface area (Å²) in [6.07, 6.45) is 3.53. The van der Waals surface area contributed by atoms with Gasteiger partial charge in [-0.15, -0.1) is 10.2 Å². The van der Waals surface area contributed by atoms with Gasteiger partial charge in [-0.25, -0.2) is 0 Å². The van der Waals surface area contributed by atoms with E-state index >= 15 is 0 Å². The molecule has 3 aromatic rings. The van der Waals surface area contributed by atoms with Gasteiger partial charge in [0.15, 0.2) is 5.65 Å². The van der Waals surface area contributed by atoms with Crippen molar-refractivity contribution in [2.24, 2.45) is 5.92 Å². The van der Waals surface area contributed by atoms with Gasteiger partial charge in [0.1, 0.15) is 11.5 Å². The van der Waals surface area contributed by atoms with Gasteiger partial charge in [-0.2, -0.15) is 0 Å². The van der Waals surface area contributed by atoms with Crippen LogP contribution in [0, 0.1) is 5.92 Å². The Morgan fingerprint density at radius 3 is 2.90 bits per heavy atom. The van der Waals surface area contributed by atoms with E-state index in [1.165, 1.54) is 0 Å². The summed E-state index contributed by atoms with van der Waals surface area (Å²) in [5, 5.41) is 12.2. The van der Waals surface area contributed by atoms with E-state index in [0.717, 1.165) is 30.6 Å². The fraction of sp³-hybridized carbons (Fsp3) is 0.381. The lowest BCUT2D eigenvalue weighted by molar-refractivity contribution is -0.125. The Morgan fingerprint density at radius 1 is 1.23 bits per heavy atom. The Hall–Kier alpha value is -3.00. The van der Waals surface area contributed by atoms with Gasteiger partial charge < -0.3 is 19.7 Å². The predicted octanol–water partition coefficient (Wildman–Crippen LogP) is 2.93. The molecule has 1 atom stereocenters. The van der Waals surface area contributed by atoms with Crippen LogP contribution in [0.25, 0.3) is 5.65 Å². The number of carbonyl (C=O) groups excluding carboxylic acids is 1. The average molecular weight is 430 g/mol. The third-order valence-electron chi connectivity index (χ3n) is 5.37. The summed E-state index contributed by atoms with van der Waals surface area (Å²) >= 11 is 6.13. The molecule has 2 aromatic heterocycles. The van der Waals surface area contributed by atoms with Crippen LogP contribution in [0.15, 0.2) is 36.5 Å². The first-order valence-corrected chi connectivity index (χ1v) is 10.2. The summed E-state index contributed by atoms with van der Waals surface area (Å²) in [7, 11) is 3.21. The normalized spacial score (nSPS) is 16.5. The second-order valence-corrected chi connectivity index (χ2v) is 7.69. The van der Waals surface area contributed by atoms with E-state index in [1.54, 1.807) is 26.5 Å². The van der Waals surface area contributed by atoms with Crippen LogP contribution < -0.4 is 19.7 Å². The number of amides is 1. The highest BCUT2D eigenvalue weighted by molar-refractivity contribution is 6.30. The topological polar surface area (TPSA) is 81.0 Å². The van der Waals surface area contributed by atoms with E-state index in [1.807, 2.05) is 28.7 Å². The lowest BCUT2D eigenvalue weighted by Gasteiger charge is -2.32. The van der Waals surface area contributed by atoms with E-state index in [4.69, 9.17) is 21.1 Å². The first-order chi connectivity index (χ1) is 14.6. The van der Waals surface area contributed by atoms with Crippen LogP contribution in [-0.2, 0) is 11.3 Å². The lowest BCUT2D eigenvalue weighted by atomic mass is 9.97. The molecule has 1 fully saturated rings. The SMILES string of the molecule is COc1ccc(CNC(=O)[C@H]2CCCN(c3nnc4ccc(Cl)cn34)C2)c(OC)c1. The van der Waals surface area contributed by atoms with Crippen molar-refractivity contribution in [1.82, 2.24) is 19.9 Å². The molecule has 0 spiro atoms. The van der Waals surface area contributed by atoms with Gasteiger partial charge in [-0.05, 0) is 37.1 Å². The number of hydrogen-bond acceptors (Lipinski definition) is 6. The van der Waals surface area contributed by atoms with Gasteiger partial charge in [0.25, 0.3) is 0 Å². The number of methoxy groups -OCH3 is 2. The van der Waals surface area contributed by atoms with Crippen molar-refractivity contribution in [2.75, 3.05) is 32.2 Å². The molecule has 9 heteroatoms. The molecule has 0 aliphatic carbocycles. The minimum atomic E-state index is -0.130. The number of ether oxygens (including phenoxy) is 2. The van der Waals surface area contributed by atoms with Crippen LogP contribution in [0.5, 0.6) is 11.5 Å². The number of halogens is 1. The van der Waals surface area contributed by atoms with Crippen molar-refractivity contribution in [3.63, 3.8) is 0 Å². The summed E-state index contributed by atoms with van der Waals surface area (Å²) in [5.41, 5.74) is 1.63. The average Bonchev–Trinajstić information content (AvgIpc) is 3.20. The third-order valence-corrected chi connectivity index (χ3v) is 5.59. The number of pyridine rings is 1. The number of piperidine rings is 1. The quantitative estimate of drug-likeness (QED) is 0.648. The minimum absolute atomic E-state index is 0.0180. The van der Waals surface area contributed by atoms with Gasteiger partial charge in [-0.1, -0.05) is 11.6 Å². The summed E-state index contributed by atoms with van der Waals surface area (Å²) in [6.45, 7) is 1.80. The highest BCUT2D eigenvalue weighted by Crippen LogP contribution is 2.26. The second kappa shape index (κ2) is 8.79. The molecular weight excluding hydrogens is 406 g/mol. The van der Waals surface area contributed by atoms with E-state index in [-0.39, 0.29) is 11.8 Å². The largest absolute Gasteiger partial charge is 0.497 e. The number of nitrogens with zero attached hydrogens (tertiary/aromatic N) is 4. The van der Waals surface area contributed by atoms with Crippen LogP contribution in [0.1, 0.15) is 18.4 Å². The molecule has 30 heavy (non-hydrogen) atoms. The molecule has 0 unspecified atom stereocenters. The van der Waals surface area contributed by atoms with Crippen molar-refractivity contribution in [2.45, 2.75) is 19.4 Å². The molecule has 1 aliphatic heterocycles. The van der Waals surface area contributed by atoms with E-state index in [2.05, 4.69) is 20.4 Å². The molecular formula is C21H24ClN5O3. The minimum Gasteiger partial charge on any atom is -0.497 e. The molecule has 1 amide bonds. The maximum absolute atomic E-state index is 12.9. The molecule has 1 N–H and O–H groups in total. The summed E-state index contributed by atoms with van der Waals surface area (Å²) in [5.74, 6) is 2.00. The first kappa shape index (κ1) is 20.3. The third kappa shape index (κ3) is 4.14. The van der Waals surface area contributed by atoms with Crippen molar-refractivity contribution < 1.29 is 14.3 Å². The van der Waals surface area contributed by atoms with Gasteiger partial charge in [0.2, 0.25) is 11.9 Å². The summed E-state index contributed by atoms with van der Waals surface area (Å²) in [4.78, 5) is 15.0. The number of carbonyl (C=O) groups is 1. The molecule has 1 saturated heterocycles. The van der Waals surface area contributed by atoms with Crippen LogP contribution in [0.3, 0.4) is 0 Å². The van der Waals surface area contributed by atoms with Gasteiger partial charge in [0, 0.05) is 37.5 Å². The number of fused-ring (bicyclic) bond motifs is 1. The molecule has 0 bridgehead atoms. The van der Waals surface area contributed by atoms with Crippen LogP contribution in [-0.4, -0.2) is 47.8 Å². The maximum Gasteiger partial charge on any atom is 0.231 e. The molecule has 1 aromatic carbocycles. The molecule has 0 radical (unpaired) electrons. The number of anilines is 1. The zero-order valence-electron chi connectivity index (χ0n) is 17.0. The van der Waals surface area contributed by atoms with E-state index < -0.39 is 0 Å². The Morgan fingerprint density at radius 2 is 2.10 bits per heavy atom. The van der Waals surface area contributed by atoms with Crippen LogP contribution in [0.2, 0.25) is 5.02 Å². The highest BCUT2D eigenvalue weighted by atomic mass is 35.5. The lowest BCUT2D eigenvalue weighted by Crippen LogP contribution is -2.43. The fourth-order valence-corrected chi connectivity index (χ4v) is 3.93. The zero-order chi connectivity index (χ0) is 21.1. The monoisotopic (exact) mass is 429 g/mol. The first-order valence-electron chi connectivity index (χ1n) is 9.83. The number of hydrogen-bond donors (Lipinski definition) is 1. The fourth-order valence-electron chi connectivity index (χ4n) is 3.77. The van der Waals surface area contributed by atoms with E-state index in [0.29, 0.717) is 35.6 Å². The molecule has 1 aliphatic rings. The molecule has 4 rings (SSSR count). The van der Waals surface area contributed by atoms with Crippen LogP contribution >= 0.6 is 11.6 Å². The predicted molar refractivity (Wildman–Crippen MR) is 114 cm³/mol. The number of nitrogens with one attached hydrogen (secondary N) is 1. The Balaban J connectivity index is 1.43. The Bertz CT molecular complexity index is 1050. The number of benzene rings is 1.